The Morgan fingerprint density at radius 2 is 1.90 bits per heavy atom. The monoisotopic (exact) mass is 432 g/mol. The van der Waals surface area contributed by atoms with Crippen LogP contribution in [0.5, 0.6) is 0 Å². The van der Waals surface area contributed by atoms with Crippen LogP contribution in [0.1, 0.15) is 15.9 Å². The summed E-state index contributed by atoms with van der Waals surface area (Å²) in [6.45, 7) is 4.89. The Morgan fingerprint density at radius 3 is 2.65 bits per heavy atom. The summed E-state index contributed by atoms with van der Waals surface area (Å²) >= 11 is 1.65. The van der Waals surface area contributed by atoms with E-state index in [0.29, 0.717) is 30.2 Å². The van der Waals surface area contributed by atoms with Gasteiger partial charge in [0.05, 0.1) is 29.0 Å². The molecule has 9 heteroatoms. The van der Waals surface area contributed by atoms with Gasteiger partial charge in [-0.2, -0.15) is 0 Å². The molecule has 1 aromatic carbocycles. The van der Waals surface area contributed by atoms with Gasteiger partial charge in [-0.1, -0.05) is 18.2 Å². The fraction of sp³-hybridized carbons (Fsp3) is 0.227. The second-order valence-corrected chi connectivity index (χ2v) is 8.30. The lowest BCUT2D eigenvalue weighted by Gasteiger charge is -2.28. The molecular formula is C22H20N6O2S. The summed E-state index contributed by atoms with van der Waals surface area (Å²) in [5.74, 6) is 1.65. The van der Waals surface area contributed by atoms with Crippen LogP contribution in [0.15, 0.2) is 36.7 Å². The quantitative estimate of drug-likeness (QED) is 0.489. The first-order valence-corrected chi connectivity index (χ1v) is 10.7. The number of thiophene rings is 1. The lowest BCUT2D eigenvalue weighted by Crippen LogP contribution is -2.36. The van der Waals surface area contributed by atoms with Gasteiger partial charge in [0.25, 0.3) is 0 Å². The summed E-state index contributed by atoms with van der Waals surface area (Å²) in [5.41, 5.74) is 9.94. The molecule has 4 heterocycles. The van der Waals surface area contributed by atoms with Gasteiger partial charge in [-0.3, -0.25) is 4.79 Å². The van der Waals surface area contributed by atoms with Crippen LogP contribution >= 0.6 is 11.3 Å². The average Bonchev–Trinajstić information content (AvgIpc) is 3.16. The van der Waals surface area contributed by atoms with E-state index in [4.69, 9.17) is 20.4 Å². The highest BCUT2D eigenvalue weighted by Crippen LogP contribution is 2.42. The van der Waals surface area contributed by atoms with Crippen LogP contribution in [-0.2, 0) is 4.74 Å². The molecule has 1 aliphatic rings. The first-order valence-electron chi connectivity index (χ1n) is 9.91. The third-order valence-electron chi connectivity index (χ3n) is 5.27. The number of rotatable bonds is 4. The Balaban J connectivity index is 1.73. The second-order valence-electron chi connectivity index (χ2n) is 7.28. The van der Waals surface area contributed by atoms with E-state index in [-0.39, 0.29) is 5.95 Å². The van der Waals surface area contributed by atoms with Crippen LogP contribution in [0.3, 0.4) is 0 Å². The van der Waals surface area contributed by atoms with E-state index in [0.717, 1.165) is 51.4 Å². The molecule has 31 heavy (non-hydrogen) atoms. The van der Waals surface area contributed by atoms with Crippen LogP contribution in [-0.4, -0.2) is 52.5 Å². The molecule has 2 N–H and O–H groups in total. The fourth-order valence-corrected chi connectivity index (χ4v) is 4.93. The molecule has 5 rings (SSSR count). The summed E-state index contributed by atoms with van der Waals surface area (Å²) in [5, 5.41) is 0. The van der Waals surface area contributed by atoms with Gasteiger partial charge in [0.1, 0.15) is 6.29 Å². The predicted octanol–water partition coefficient (Wildman–Crippen LogP) is 3.36. The van der Waals surface area contributed by atoms with Crippen molar-refractivity contribution in [1.29, 1.82) is 0 Å². The van der Waals surface area contributed by atoms with E-state index in [9.17, 15) is 4.79 Å². The molecule has 0 atom stereocenters. The van der Waals surface area contributed by atoms with Gasteiger partial charge in [-0.25, -0.2) is 19.9 Å². The number of aryl methyl sites for hydroxylation is 1. The molecule has 1 aliphatic heterocycles. The van der Waals surface area contributed by atoms with Crippen molar-refractivity contribution < 1.29 is 9.53 Å². The molecule has 8 nitrogen and oxygen atoms in total. The van der Waals surface area contributed by atoms with E-state index in [1.807, 2.05) is 18.2 Å². The smallest absolute Gasteiger partial charge is 0.219 e. The number of nitrogen functional groups attached to an aromatic ring is 1. The number of carbonyl (C=O) groups excluding carboxylic acids is 1. The number of hydrogen-bond acceptors (Lipinski definition) is 9. The summed E-state index contributed by atoms with van der Waals surface area (Å²) < 4.78 is 6.56. The highest BCUT2D eigenvalue weighted by atomic mass is 32.1. The molecular weight excluding hydrogens is 412 g/mol. The first-order chi connectivity index (χ1) is 15.1. The number of hydrogen-bond donors (Lipinski definition) is 1. The normalized spacial score (nSPS) is 14.2. The molecule has 0 spiro atoms. The number of aldehydes is 1. The Hall–Kier alpha value is -3.43. The molecule has 0 saturated carbocycles. The van der Waals surface area contributed by atoms with Gasteiger partial charge in [-0.15, -0.1) is 11.3 Å². The van der Waals surface area contributed by atoms with E-state index in [2.05, 4.69) is 21.8 Å². The van der Waals surface area contributed by atoms with Gasteiger partial charge in [0, 0.05) is 35.9 Å². The molecule has 1 saturated heterocycles. The molecule has 0 unspecified atom stereocenters. The van der Waals surface area contributed by atoms with Gasteiger partial charge in [0.15, 0.2) is 11.6 Å². The van der Waals surface area contributed by atoms with Crippen molar-refractivity contribution in [2.24, 2.45) is 0 Å². The van der Waals surface area contributed by atoms with Crippen molar-refractivity contribution >= 4 is 39.6 Å². The van der Waals surface area contributed by atoms with Crippen molar-refractivity contribution in [3.8, 4) is 21.8 Å². The van der Waals surface area contributed by atoms with Crippen molar-refractivity contribution in [1.82, 2.24) is 19.9 Å². The van der Waals surface area contributed by atoms with E-state index in [1.54, 1.807) is 29.8 Å². The molecule has 0 amide bonds. The lowest BCUT2D eigenvalue weighted by atomic mass is 10.1. The Labute approximate surface area is 182 Å². The number of morpholine rings is 1. The molecule has 0 aliphatic carbocycles. The van der Waals surface area contributed by atoms with Crippen LogP contribution in [0.2, 0.25) is 0 Å². The maximum atomic E-state index is 11.3. The zero-order valence-electron chi connectivity index (χ0n) is 16.9. The van der Waals surface area contributed by atoms with Gasteiger partial charge < -0.3 is 15.4 Å². The van der Waals surface area contributed by atoms with E-state index < -0.39 is 0 Å². The van der Waals surface area contributed by atoms with Crippen molar-refractivity contribution in [3.63, 3.8) is 0 Å². The zero-order chi connectivity index (χ0) is 21.4. The molecule has 0 radical (unpaired) electrons. The second kappa shape index (κ2) is 8.01. The first kappa shape index (κ1) is 19.5. The van der Waals surface area contributed by atoms with Crippen LogP contribution in [0.25, 0.3) is 32.0 Å². The number of anilines is 2. The Kier molecular flexibility index (Phi) is 5.05. The summed E-state index contributed by atoms with van der Waals surface area (Å²) in [6.07, 6.45) is 4.15. The van der Waals surface area contributed by atoms with Gasteiger partial charge >= 0.3 is 0 Å². The molecule has 3 aromatic heterocycles. The molecule has 0 bridgehead atoms. The summed E-state index contributed by atoms with van der Waals surface area (Å²) in [7, 11) is 0. The van der Waals surface area contributed by atoms with Gasteiger partial charge in [0.2, 0.25) is 5.95 Å². The maximum Gasteiger partial charge on any atom is 0.219 e. The predicted molar refractivity (Wildman–Crippen MR) is 121 cm³/mol. The zero-order valence-corrected chi connectivity index (χ0v) is 17.7. The molecule has 4 aromatic rings. The Bertz CT molecular complexity index is 1270. The van der Waals surface area contributed by atoms with Crippen molar-refractivity contribution in [3.05, 3.63) is 47.8 Å². The number of carbonyl (C=O) groups is 1. The number of nitrogens with zero attached hydrogens (tertiary/aromatic N) is 5. The minimum Gasteiger partial charge on any atom is -0.378 e. The standard InChI is InChI=1S/C22H20N6O2S/c1-13-17-19(31-18(13)15-4-2-3-14(9-15)12-29)21(28-5-7-30-8-6-28)27-20(26-17)16-10-24-22(23)25-11-16/h2-4,9-12H,5-8H2,1H3,(H2,23,24,25). The van der Waals surface area contributed by atoms with Crippen molar-refractivity contribution in [2.75, 3.05) is 36.9 Å². The largest absolute Gasteiger partial charge is 0.378 e. The van der Waals surface area contributed by atoms with Gasteiger partial charge in [-0.05, 0) is 24.1 Å². The van der Waals surface area contributed by atoms with E-state index in [1.165, 1.54) is 0 Å². The van der Waals surface area contributed by atoms with Crippen LogP contribution < -0.4 is 10.6 Å². The third kappa shape index (κ3) is 3.62. The number of fused-ring (bicyclic) bond motifs is 1. The lowest BCUT2D eigenvalue weighted by molar-refractivity contribution is 0.112. The molecule has 156 valence electrons. The minimum absolute atomic E-state index is 0.210. The van der Waals surface area contributed by atoms with Crippen molar-refractivity contribution in [2.45, 2.75) is 6.92 Å². The maximum absolute atomic E-state index is 11.3. The topological polar surface area (TPSA) is 107 Å². The highest BCUT2D eigenvalue weighted by molar-refractivity contribution is 7.23. The summed E-state index contributed by atoms with van der Waals surface area (Å²) in [6, 6.07) is 7.62. The Morgan fingerprint density at radius 1 is 1.13 bits per heavy atom. The third-order valence-corrected chi connectivity index (χ3v) is 6.60. The fourth-order valence-electron chi connectivity index (χ4n) is 3.67. The van der Waals surface area contributed by atoms with Crippen LogP contribution in [0, 0.1) is 6.92 Å². The number of ether oxygens (including phenoxy) is 1. The SMILES string of the molecule is Cc1c(-c2cccc(C=O)c2)sc2c(N3CCOCC3)nc(-c3cnc(N)nc3)nc12. The van der Waals surface area contributed by atoms with E-state index >= 15 is 0 Å². The summed E-state index contributed by atoms with van der Waals surface area (Å²) in [4.78, 5) is 32.5. The number of aromatic nitrogens is 4. The number of benzene rings is 1. The average molecular weight is 433 g/mol. The van der Waals surface area contributed by atoms with Crippen LogP contribution in [0.4, 0.5) is 11.8 Å². The molecule has 1 fully saturated rings. The number of nitrogens with two attached hydrogens (primary N) is 1. The minimum atomic E-state index is 0.210. The highest BCUT2D eigenvalue weighted by Gasteiger charge is 2.23.